The minimum absolute atomic E-state index is 0.0257. The third-order valence-electron chi connectivity index (χ3n) is 2.95. The second kappa shape index (κ2) is 5.27. The Morgan fingerprint density at radius 1 is 1.47 bits per heavy atom. The molecule has 0 radical (unpaired) electrons. The fourth-order valence-corrected chi connectivity index (χ4v) is 2.81. The van der Waals surface area contributed by atoms with Crippen LogP contribution in [-0.4, -0.2) is 16.8 Å². The molecule has 1 saturated carbocycles. The van der Waals surface area contributed by atoms with Crippen molar-refractivity contribution >= 4 is 28.3 Å². The fraction of sp³-hybridized carbons (Fsp3) is 0.545. The Morgan fingerprint density at radius 2 is 2.18 bits per heavy atom. The topological polar surface area (TPSA) is 85.1 Å². The summed E-state index contributed by atoms with van der Waals surface area (Å²) in [6.45, 7) is 0. The largest absolute Gasteiger partial charge is 0.364 e. The van der Waals surface area contributed by atoms with Gasteiger partial charge in [0.25, 0.3) is 5.91 Å². The van der Waals surface area contributed by atoms with Gasteiger partial charge in [0.15, 0.2) is 5.13 Å². The molecule has 5 nitrogen and oxygen atoms in total. The molecule has 0 aromatic carbocycles. The number of anilines is 1. The van der Waals surface area contributed by atoms with E-state index in [1.54, 1.807) is 5.38 Å². The van der Waals surface area contributed by atoms with Gasteiger partial charge in [-0.2, -0.15) is 0 Å². The number of primary amides is 1. The number of nitrogens with two attached hydrogens (primary N) is 1. The van der Waals surface area contributed by atoms with Crippen LogP contribution in [0, 0.1) is 5.92 Å². The van der Waals surface area contributed by atoms with Crippen LogP contribution in [0.15, 0.2) is 5.38 Å². The first-order valence-corrected chi connectivity index (χ1v) is 6.58. The SMILES string of the molecule is NC(=O)c1csc(NC(=O)CC2CCCC2)n1. The Bertz CT molecular complexity index is 424. The highest BCUT2D eigenvalue weighted by Crippen LogP contribution is 2.28. The van der Waals surface area contributed by atoms with Crippen molar-refractivity contribution in [1.82, 2.24) is 4.98 Å². The number of carbonyl (C=O) groups excluding carboxylic acids is 2. The second-order valence-electron chi connectivity index (χ2n) is 4.30. The van der Waals surface area contributed by atoms with Crippen molar-refractivity contribution in [2.24, 2.45) is 11.7 Å². The average molecular weight is 253 g/mol. The van der Waals surface area contributed by atoms with Crippen LogP contribution in [0.4, 0.5) is 5.13 Å². The molecular weight excluding hydrogens is 238 g/mol. The number of nitrogens with one attached hydrogen (secondary N) is 1. The maximum atomic E-state index is 11.7. The van der Waals surface area contributed by atoms with Gasteiger partial charge in [-0.3, -0.25) is 9.59 Å². The lowest BCUT2D eigenvalue weighted by atomic mass is 10.0. The van der Waals surface area contributed by atoms with Crippen molar-refractivity contribution in [2.45, 2.75) is 32.1 Å². The first kappa shape index (κ1) is 12.0. The molecular formula is C11H15N3O2S. The number of hydrogen-bond acceptors (Lipinski definition) is 4. The molecule has 1 aliphatic carbocycles. The molecule has 1 heterocycles. The number of thiazole rings is 1. The molecule has 0 unspecified atom stereocenters. The van der Waals surface area contributed by atoms with E-state index in [-0.39, 0.29) is 11.6 Å². The highest BCUT2D eigenvalue weighted by atomic mass is 32.1. The van der Waals surface area contributed by atoms with E-state index in [1.165, 1.54) is 24.2 Å². The van der Waals surface area contributed by atoms with Crippen molar-refractivity contribution in [1.29, 1.82) is 0 Å². The Labute approximate surface area is 103 Å². The molecule has 1 aromatic heterocycles. The normalized spacial score (nSPS) is 16.0. The predicted molar refractivity (Wildman–Crippen MR) is 65.8 cm³/mol. The lowest BCUT2D eigenvalue weighted by Crippen LogP contribution is -2.16. The molecule has 0 atom stereocenters. The number of aromatic nitrogens is 1. The van der Waals surface area contributed by atoms with Crippen LogP contribution in [0.25, 0.3) is 0 Å². The van der Waals surface area contributed by atoms with Gasteiger partial charge in [-0.25, -0.2) is 4.98 Å². The highest BCUT2D eigenvalue weighted by Gasteiger charge is 2.19. The van der Waals surface area contributed by atoms with Crippen LogP contribution in [0.5, 0.6) is 0 Å². The number of amides is 2. The quantitative estimate of drug-likeness (QED) is 0.857. The van der Waals surface area contributed by atoms with Crippen LogP contribution in [0.3, 0.4) is 0 Å². The van der Waals surface area contributed by atoms with Gasteiger partial charge in [-0.15, -0.1) is 11.3 Å². The van der Waals surface area contributed by atoms with E-state index in [0.29, 0.717) is 17.5 Å². The Hall–Kier alpha value is -1.43. The summed E-state index contributed by atoms with van der Waals surface area (Å²) in [5, 5.41) is 4.70. The molecule has 6 heteroatoms. The van der Waals surface area contributed by atoms with Gasteiger partial charge in [0, 0.05) is 11.8 Å². The van der Waals surface area contributed by atoms with E-state index >= 15 is 0 Å². The molecule has 0 saturated heterocycles. The van der Waals surface area contributed by atoms with E-state index in [0.717, 1.165) is 12.8 Å². The van der Waals surface area contributed by atoms with Crippen molar-refractivity contribution < 1.29 is 9.59 Å². The number of hydrogen-bond donors (Lipinski definition) is 2. The fourth-order valence-electron chi connectivity index (χ4n) is 2.09. The second-order valence-corrected chi connectivity index (χ2v) is 5.16. The highest BCUT2D eigenvalue weighted by molar-refractivity contribution is 7.14. The van der Waals surface area contributed by atoms with Crippen LogP contribution in [0.2, 0.25) is 0 Å². The summed E-state index contributed by atoms with van der Waals surface area (Å²) < 4.78 is 0. The molecule has 0 bridgehead atoms. The van der Waals surface area contributed by atoms with Gasteiger partial charge in [0.05, 0.1) is 0 Å². The van der Waals surface area contributed by atoms with Crippen LogP contribution < -0.4 is 11.1 Å². The van der Waals surface area contributed by atoms with Crippen LogP contribution in [0.1, 0.15) is 42.6 Å². The average Bonchev–Trinajstić information content (AvgIpc) is 2.88. The van der Waals surface area contributed by atoms with Gasteiger partial charge in [-0.05, 0) is 18.8 Å². The zero-order valence-corrected chi connectivity index (χ0v) is 10.3. The summed E-state index contributed by atoms with van der Waals surface area (Å²) in [4.78, 5) is 26.5. The number of nitrogens with zero attached hydrogens (tertiary/aromatic N) is 1. The molecule has 2 amide bonds. The standard InChI is InChI=1S/C11H15N3O2S/c12-10(16)8-6-17-11(13-8)14-9(15)5-7-3-1-2-4-7/h6-7H,1-5H2,(H2,12,16)(H,13,14,15). The third kappa shape index (κ3) is 3.26. The minimum atomic E-state index is -0.572. The third-order valence-corrected chi connectivity index (χ3v) is 3.71. The smallest absolute Gasteiger partial charge is 0.268 e. The molecule has 1 aliphatic rings. The summed E-state index contributed by atoms with van der Waals surface area (Å²) >= 11 is 1.22. The van der Waals surface area contributed by atoms with E-state index < -0.39 is 5.91 Å². The molecule has 3 N–H and O–H groups in total. The first-order chi connectivity index (χ1) is 8.15. The summed E-state index contributed by atoms with van der Waals surface area (Å²) in [5.74, 6) is -0.0922. The van der Waals surface area contributed by atoms with Gasteiger partial charge < -0.3 is 11.1 Å². The molecule has 2 rings (SSSR count). The lowest BCUT2D eigenvalue weighted by molar-refractivity contribution is -0.117. The monoisotopic (exact) mass is 253 g/mol. The van der Waals surface area contributed by atoms with Crippen molar-refractivity contribution in [3.8, 4) is 0 Å². The Kier molecular flexibility index (Phi) is 3.73. The van der Waals surface area contributed by atoms with Crippen molar-refractivity contribution in [2.75, 3.05) is 5.32 Å². The molecule has 0 spiro atoms. The molecule has 92 valence electrons. The lowest BCUT2D eigenvalue weighted by Gasteiger charge is -2.07. The van der Waals surface area contributed by atoms with Crippen LogP contribution >= 0.6 is 11.3 Å². The maximum absolute atomic E-state index is 11.7. The molecule has 1 aromatic rings. The molecule has 17 heavy (non-hydrogen) atoms. The van der Waals surface area contributed by atoms with E-state index in [2.05, 4.69) is 10.3 Å². The van der Waals surface area contributed by atoms with Gasteiger partial charge in [0.2, 0.25) is 5.91 Å². The number of carbonyl (C=O) groups is 2. The summed E-state index contributed by atoms with van der Waals surface area (Å²) in [6, 6.07) is 0. The van der Waals surface area contributed by atoms with Crippen molar-refractivity contribution in [3.63, 3.8) is 0 Å². The predicted octanol–water partition coefficient (Wildman–Crippen LogP) is 1.76. The molecule has 0 aliphatic heterocycles. The summed E-state index contributed by atoms with van der Waals surface area (Å²) in [6.07, 6.45) is 5.27. The zero-order chi connectivity index (χ0) is 12.3. The zero-order valence-electron chi connectivity index (χ0n) is 9.44. The van der Waals surface area contributed by atoms with E-state index in [4.69, 9.17) is 5.73 Å². The van der Waals surface area contributed by atoms with E-state index in [1.807, 2.05) is 0 Å². The van der Waals surface area contributed by atoms with Gasteiger partial charge >= 0.3 is 0 Å². The van der Waals surface area contributed by atoms with Crippen molar-refractivity contribution in [3.05, 3.63) is 11.1 Å². The summed E-state index contributed by atoms with van der Waals surface area (Å²) in [5.41, 5.74) is 5.28. The van der Waals surface area contributed by atoms with Gasteiger partial charge in [0.1, 0.15) is 5.69 Å². The summed E-state index contributed by atoms with van der Waals surface area (Å²) in [7, 11) is 0. The Morgan fingerprint density at radius 3 is 2.76 bits per heavy atom. The number of rotatable bonds is 4. The van der Waals surface area contributed by atoms with Gasteiger partial charge in [-0.1, -0.05) is 12.8 Å². The minimum Gasteiger partial charge on any atom is -0.364 e. The molecule has 1 fully saturated rings. The maximum Gasteiger partial charge on any atom is 0.268 e. The Balaban J connectivity index is 1.86. The first-order valence-electron chi connectivity index (χ1n) is 5.70. The van der Waals surface area contributed by atoms with Crippen LogP contribution in [-0.2, 0) is 4.79 Å². The van der Waals surface area contributed by atoms with E-state index in [9.17, 15) is 9.59 Å².